The summed E-state index contributed by atoms with van der Waals surface area (Å²) in [4.78, 5) is 26.1. The molecule has 1 aliphatic rings. The van der Waals surface area contributed by atoms with Crippen LogP contribution in [0.1, 0.15) is 15.9 Å². The molecule has 0 atom stereocenters. The van der Waals surface area contributed by atoms with Crippen molar-refractivity contribution in [2.24, 2.45) is 0 Å². The summed E-state index contributed by atoms with van der Waals surface area (Å²) in [6.07, 6.45) is 2.80. The van der Waals surface area contributed by atoms with Crippen LogP contribution in [0.2, 0.25) is 0 Å². The lowest BCUT2D eigenvalue weighted by Crippen LogP contribution is -2.23. The summed E-state index contributed by atoms with van der Waals surface area (Å²) in [7, 11) is 0. The molecular weight excluding hydrogens is 317 g/mol. The number of nitrogens with zero attached hydrogens (tertiary/aromatic N) is 1. The number of benzene rings is 2. The lowest BCUT2D eigenvalue weighted by molar-refractivity contribution is -0.131. The molecule has 1 N–H and O–H groups in total. The third-order valence-electron chi connectivity index (χ3n) is 3.52. The van der Waals surface area contributed by atoms with Crippen molar-refractivity contribution in [3.8, 4) is 0 Å². The third kappa shape index (κ3) is 2.61. The predicted octanol–water partition coefficient (Wildman–Crippen LogP) is 3.63. The van der Waals surface area contributed by atoms with Gasteiger partial charge in [0.2, 0.25) is 0 Å². The predicted molar refractivity (Wildman–Crippen MR) is 87.0 cm³/mol. The zero-order valence-corrected chi connectivity index (χ0v) is 12.9. The maximum atomic E-state index is 13.6. The summed E-state index contributed by atoms with van der Waals surface area (Å²) in [5.74, 6) is -2.08. The third-order valence-corrected chi connectivity index (χ3v) is 4.30. The zero-order valence-electron chi connectivity index (χ0n) is 12.1. The monoisotopic (exact) mass is 329 g/mol. The van der Waals surface area contributed by atoms with Crippen LogP contribution in [-0.2, 0) is 4.79 Å². The number of carboxylic acids is 1. The number of hydrogen-bond acceptors (Lipinski definition) is 3. The summed E-state index contributed by atoms with van der Waals surface area (Å²) in [5.41, 5.74) is 1.32. The Morgan fingerprint density at radius 2 is 1.96 bits per heavy atom. The van der Waals surface area contributed by atoms with E-state index in [0.717, 1.165) is 11.0 Å². The van der Waals surface area contributed by atoms with Crippen LogP contribution in [0, 0.1) is 5.82 Å². The molecule has 6 heteroatoms. The molecule has 116 valence electrons. The Labute approximate surface area is 136 Å². The van der Waals surface area contributed by atoms with Crippen LogP contribution in [0.3, 0.4) is 0 Å². The molecule has 2 aromatic rings. The second-order valence-electron chi connectivity index (χ2n) is 4.87. The SMILES string of the molecule is CSc1ccccc1N1C(=O)c2ccc(F)cc2/C1=C\C(=O)O. The first-order chi connectivity index (χ1) is 11.0. The molecule has 4 nitrogen and oxygen atoms in total. The number of carbonyl (C=O) groups is 2. The van der Waals surface area contributed by atoms with Crippen LogP contribution >= 0.6 is 11.8 Å². The molecule has 0 saturated heterocycles. The fraction of sp³-hybridized carbons (Fsp3) is 0.0588. The summed E-state index contributed by atoms with van der Waals surface area (Å²) in [5, 5.41) is 9.13. The first-order valence-electron chi connectivity index (χ1n) is 6.75. The number of carbonyl (C=O) groups excluding carboxylic acids is 1. The number of anilines is 1. The molecule has 3 rings (SSSR count). The number of aliphatic carboxylic acids is 1. The fourth-order valence-corrected chi connectivity index (χ4v) is 3.16. The van der Waals surface area contributed by atoms with Crippen LogP contribution in [0.5, 0.6) is 0 Å². The topological polar surface area (TPSA) is 57.6 Å². The molecule has 0 fully saturated rings. The number of carboxylic acid groups (broad SMARTS) is 1. The van der Waals surface area contributed by atoms with Crippen molar-refractivity contribution < 1.29 is 19.1 Å². The first-order valence-corrected chi connectivity index (χ1v) is 7.97. The molecule has 0 bridgehead atoms. The van der Waals surface area contributed by atoms with Crippen molar-refractivity contribution in [1.82, 2.24) is 0 Å². The molecule has 0 aromatic heterocycles. The molecule has 0 radical (unpaired) electrons. The van der Waals surface area contributed by atoms with Crippen LogP contribution in [0.25, 0.3) is 5.70 Å². The van der Waals surface area contributed by atoms with Gasteiger partial charge in [0.15, 0.2) is 0 Å². The van der Waals surface area contributed by atoms with E-state index in [-0.39, 0.29) is 22.7 Å². The van der Waals surface area contributed by atoms with Gasteiger partial charge in [-0.15, -0.1) is 11.8 Å². The minimum Gasteiger partial charge on any atom is -0.478 e. The van der Waals surface area contributed by atoms with E-state index in [1.54, 1.807) is 12.1 Å². The van der Waals surface area contributed by atoms with Gasteiger partial charge in [-0.2, -0.15) is 0 Å². The highest BCUT2D eigenvalue weighted by Crippen LogP contribution is 2.40. The van der Waals surface area contributed by atoms with E-state index >= 15 is 0 Å². The summed E-state index contributed by atoms with van der Waals surface area (Å²) in [6.45, 7) is 0. The lowest BCUT2D eigenvalue weighted by atomic mass is 10.1. The van der Waals surface area contributed by atoms with Crippen molar-refractivity contribution in [2.75, 3.05) is 11.2 Å². The van der Waals surface area contributed by atoms with Crippen LogP contribution in [0.15, 0.2) is 53.4 Å². The molecule has 0 unspecified atom stereocenters. The smallest absolute Gasteiger partial charge is 0.330 e. The highest BCUT2D eigenvalue weighted by atomic mass is 32.2. The van der Waals surface area contributed by atoms with Crippen molar-refractivity contribution >= 4 is 35.0 Å². The van der Waals surface area contributed by atoms with E-state index in [0.29, 0.717) is 5.69 Å². The van der Waals surface area contributed by atoms with E-state index in [1.165, 1.54) is 34.9 Å². The second kappa shape index (κ2) is 5.89. The van der Waals surface area contributed by atoms with Crippen molar-refractivity contribution in [1.29, 1.82) is 0 Å². The van der Waals surface area contributed by atoms with Crippen molar-refractivity contribution in [3.63, 3.8) is 0 Å². The van der Waals surface area contributed by atoms with E-state index in [4.69, 9.17) is 5.11 Å². The minimum absolute atomic E-state index is 0.165. The van der Waals surface area contributed by atoms with Gasteiger partial charge in [0, 0.05) is 22.1 Å². The van der Waals surface area contributed by atoms with E-state index < -0.39 is 11.8 Å². The Kier molecular flexibility index (Phi) is 3.92. The normalized spacial score (nSPS) is 15.1. The molecule has 1 heterocycles. The first kappa shape index (κ1) is 15.3. The molecule has 1 aliphatic heterocycles. The van der Waals surface area contributed by atoms with Gasteiger partial charge < -0.3 is 5.11 Å². The van der Waals surface area contributed by atoms with Gasteiger partial charge in [0.25, 0.3) is 5.91 Å². The van der Waals surface area contributed by atoms with Crippen molar-refractivity contribution in [2.45, 2.75) is 4.90 Å². The van der Waals surface area contributed by atoms with Gasteiger partial charge in [-0.3, -0.25) is 9.69 Å². The van der Waals surface area contributed by atoms with Gasteiger partial charge in [-0.1, -0.05) is 12.1 Å². The Morgan fingerprint density at radius 3 is 2.65 bits per heavy atom. The second-order valence-corrected chi connectivity index (χ2v) is 5.72. The molecule has 1 amide bonds. The molecule has 0 aliphatic carbocycles. The largest absolute Gasteiger partial charge is 0.478 e. The van der Waals surface area contributed by atoms with Gasteiger partial charge in [-0.25, -0.2) is 9.18 Å². The zero-order chi connectivity index (χ0) is 16.6. The number of amides is 1. The van der Waals surface area contributed by atoms with Crippen LogP contribution < -0.4 is 4.90 Å². The highest BCUT2D eigenvalue weighted by molar-refractivity contribution is 7.98. The molecular formula is C17H12FNO3S. The average Bonchev–Trinajstić information content (AvgIpc) is 2.78. The van der Waals surface area contributed by atoms with Crippen LogP contribution in [-0.4, -0.2) is 23.2 Å². The summed E-state index contributed by atoms with van der Waals surface area (Å²) in [6, 6.07) is 10.9. The Morgan fingerprint density at radius 1 is 1.22 bits per heavy atom. The maximum absolute atomic E-state index is 13.6. The molecule has 2 aromatic carbocycles. The molecule has 0 spiro atoms. The fourth-order valence-electron chi connectivity index (χ4n) is 2.58. The molecule has 23 heavy (non-hydrogen) atoms. The van der Waals surface area contributed by atoms with Gasteiger partial charge in [0.1, 0.15) is 5.82 Å². The Bertz CT molecular complexity index is 847. The minimum atomic E-state index is -1.20. The van der Waals surface area contributed by atoms with E-state index in [1.807, 2.05) is 18.4 Å². The van der Waals surface area contributed by atoms with Crippen LogP contribution in [0.4, 0.5) is 10.1 Å². The van der Waals surface area contributed by atoms with Crippen molar-refractivity contribution in [3.05, 3.63) is 65.5 Å². The number of hydrogen-bond donors (Lipinski definition) is 1. The molecule has 0 saturated carbocycles. The quantitative estimate of drug-likeness (QED) is 0.690. The standard InChI is InChI=1S/C17H12FNO3S/c1-23-15-5-3-2-4-13(15)19-14(9-16(20)21)12-8-10(18)6-7-11(12)17(19)22/h2-9H,1H3,(H,20,21)/b14-9+. The van der Waals surface area contributed by atoms with Gasteiger partial charge in [-0.05, 0) is 36.6 Å². The van der Waals surface area contributed by atoms with E-state index in [9.17, 15) is 14.0 Å². The number of para-hydroxylation sites is 1. The highest BCUT2D eigenvalue weighted by Gasteiger charge is 2.35. The Balaban J connectivity index is 2.25. The lowest BCUT2D eigenvalue weighted by Gasteiger charge is -2.20. The number of halogens is 1. The maximum Gasteiger partial charge on any atom is 0.330 e. The number of fused-ring (bicyclic) bond motifs is 1. The number of thioether (sulfide) groups is 1. The number of rotatable bonds is 3. The average molecular weight is 329 g/mol. The summed E-state index contributed by atoms with van der Waals surface area (Å²) >= 11 is 1.44. The van der Waals surface area contributed by atoms with Gasteiger partial charge in [0.05, 0.1) is 11.4 Å². The van der Waals surface area contributed by atoms with E-state index in [2.05, 4.69) is 0 Å². The van der Waals surface area contributed by atoms with Gasteiger partial charge >= 0.3 is 5.97 Å². The Hall–Kier alpha value is -2.60. The summed E-state index contributed by atoms with van der Waals surface area (Å²) < 4.78 is 13.6.